The Bertz CT molecular complexity index is 665. The molecule has 0 spiro atoms. The van der Waals surface area contributed by atoms with Crippen LogP contribution < -0.4 is 10.0 Å². The Morgan fingerprint density at radius 1 is 1.37 bits per heavy atom. The van der Waals surface area contributed by atoms with Crippen molar-refractivity contribution in [2.45, 2.75) is 18.4 Å². The van der Waals surface area contributed by atoms with Crippen molar-refractivity contribution in [3.8, 4) is 0 Å². The summed E-state index contributed by atoms with van der Waals surface area (Å²) in [6.07, 6.45) is 5.93. The van der Waals surface area contributed by atoms with E-state index in [-0.39, 0.29) is 4.90 Å². The number of pyridine rings is 1. The third kappa shape index (κ3) is 2.84. The van der Waals surface area contributed by atoms with Crippen LogP contribution in [-0.2, 0) is 16.6 Å². The lowest BCUT2D eigenvalue weighted by atomic mass is 10.4. The van der Waals surface area contributed by atoms with Gasteiger partial charge in [0.25, 0.3) is 10.0 Å². The van der Waals surface area contributed by atoms with Gasteiger partial charge in [-0.15, -0.1) is 0 Å². The van der Waals surface area contributed by atoms with Crippen molar-refractivity contribution in [2.24, 2.45) is 0 Å². The van der Waals surface area contributed by atoms with Crippen LogP contribution in [0.1, 0.15) is 6.92 Å². The number of nitrogens with zero attached hydrogens (tertiary/aromatic N) is 3. The highest BCUT2D eigenvalue weighted by Gasteiger charge is 2.19. The number of hydrogen-bond donors (Lipinski definition) is 2. The summed E-state index contributed by atoms with van der Waals surface area (Å²) in [7, 11) is -2.02. The summed E-state index contributed by atoms with van der Waals surface area (Å²) < 4.78 is 28.6. The van der Waals surface area contributed by atoms with Crippen LogP contribution in [0.2, 0.25) is 0 Å². The van der Waals surface area contributed by atoms with Gasteiger partial charge in [0, 0.05) is 32.2 Å². The molecule has 2 aromatic rings. The molecular formula is C11H15N5O2S. The number of anilines is 2. The van der Waals surface area contributed by atoms with E-state index in [1.165, 1.54) is 18.6 Å². The fourth-order valence-corrected chi connectivity index (χ4v) is 2.78. The van der Waals surface area contributed by atoms with Crippen LogP contribution >= 0.6 is 0 Å². The van der Waals surface area contributed by atoms with E-state index in [0.29, 0.717) is 17.9 Å². The van der Waals surface area contributed by atoms with Crippen LogP contribution in [-0.4, -0.2) is 30.2 Å². The van der Waals surface area contributed by atoms with E-state index in [1.807, 2.05) is 6.92 Å². The minimum Gasteiger partial charge on any atom is -0.387 e. The van der Waals surface area contributed by atoms with Gasteiger partial charge in [0.1, 0.15) is 4.90 Å². The smallest absolute Gasteiger partial charge is 0.265 e. The van der Waals surface area contributed by atoms with Crippen molar-refractivity contribution < 1.29 is 8.42 Å². The number of aryl methyl sites for hydroxylation is 1. The molecule has 0 aliphatic carbocycles. The van der Waals surface area contributed by atoms with Gasteiger partial charge in [-0.25, -0.2) is 8.42 Å². The van der Waals surface area contributed by atoms with E-state index in [2.05, 4.69) is 20.1 Å². The topological polar surface area (TPSA) is 88.9 Å². The van der Waals surface area contributed by atoms with E-state index < -0.39 is 10.0 Å². The van der Waals surface area contributed by atoms with Gasteiger partial charge in [-0.3, -0.25) is 14.4 Å². The summed E-state index contributed by atoms with van der Waals surface area (Å²) in [5, 5.41) is 6.84. The Kier molecular flexibility index (Phi) is 3.70. The third-order valence-electron chi connectivity index (χ3n) is 2.55. The van der Waals surface area contributed by atoms with Gasteiger partial charge in [-0.2, -0.15) is 5.10 Å². The third-order valence-corrected chi connectivity index (χ3v) is 3.96. The minimum absolute atomic E-state index is 0.0988. The lowest BCUT2D eigenvalue weighted by molar-refractivity contribution is 0.601. The predicted molar refractivity (Wildman–Crippen MR) is 72.5 cm³/mol. The molecule has 19 heavy (non-hydrogen) atoms. The maximum atomic E-state index is 12.3. The fourth-order valence-electron chi connectivity index (χ4n) is 1.60. The molecule has 0 aliphatic rings. The summed E-state index contributed by atoms with van der Waals surface area (Å²) in [6, 6.07) is 1.60. The maximum Gasteiger partial charge on any atom is 0.265 e. The molecule has 0 atom stereocenters. The van der Waals surface area contributed by atoms with E-state index in [4.69, 9.17) is 0 Å². The average Bonchev–Trinajstić information content (AvgIpc) is 2.85. The number of aromatic nitrogens is 3. The summed E-state index contributed by atoms with van der Waals surface area (Å²) in [5.74, 6) is 0. The number of rotatable bonds is 5. The lowest BCUT2D eigenvalue weighted by Gasteiger charge is -2.09. The molecule has 7 nitrogen and oxygen atoms in total. The first-order valence-corrected chi connectivity index (χ1v) is 7.22. The van der Waals surface area contributed by atoms with Crippen molar-refractivity contribution in [2.75, 3.05) is 17.1 Å². The van der Waals surface area contributed by atoms with Crippen molar-refractivity contribution in [3.05, 3.63) is 30.9 Å². The number of sulfonamides is 1. The summed E-state index contributed by atoms with van der Waals surface area (Å²) in [5.41, 5.74) is 0.915. The first-order chi connectivity index (χ1) is 9.06. The van der Waals surface area contributed by atoms with E-state index in [1.54, 1.807) is 24.0 Å². The Labute approximate surface area is 111 Å². The zero-order valence-electron chi connectivity index (χ0n) is 10.7. The number of hydrogen-bond acceptors (Lipinski definition) is 5. The van der Waals surface area contributed by atoms with Crippen molar-refractivity contribution >= 4 is 21.4 Å². The highest BCUT2D eigenvalue weighted by Crippen LogP contribution is 2.21. The van der Waals surface area contributed by atoms with E-state index in [9.17, 15) is 8.42 Å². The van der Waals surface area contributed by atoms with Crippen LogP contribution in [0.5, 0.6) is 0 Å². The Hall–Kier alpha value is -2.09. The second kappa shape index (κ2) is 5.27. The molecule has 2 heterocycles. The van der Waals surface area contributed by atoms with Gasteiger partial charge in [-0.05, 0) is 13.0 Å². The zero-order valence-corrected chi connectivity index (χ0v) is 11.5. The van der Waals surface area contributed by atoms with Crippen LogP contribution in [0.15, 0.2) is 35.7 Å². The SMILES string of the molecule is CCn1cc(NS(=O)(=O)c2cnccc2NC)cn1. The minimum atomic E-state index is -3.68. The molecule has 0 aromatic carbocycles. The normalized spacial score (nSPS) is 11.3. The lowest BCUT2D eigenvalue weighted by Crippen LogP contribution is -2.14. The van der Waals surface area contributed by atoms with Gasteiger partial charge in [0.2, 0.25) is 0 Å². The maximum absolute atomic E-state index is 12.3. The standard InChI is InChI=1S/C11H15N5O2S/c1-3-16-8-9(6-14-16)15-19(17,18)11-7-13-5-4-10(11)12-2/h4-8,15H,3H2,1-2H3,(H,12,13). The Morgan fingerprint density at radius 2 is 2.16 bits per heavy atom. The predicted octanol–water partition coefficient (Wildman–Crippen LogP) is 1.14. The molecule has 0 bridgehead atoms. The molecule has 0 saturated heterocycles. The molecule has 0 fully saturated rings. The highest BCUT2D eigenvalue weighted by atomic mass is 32.2. The molecule has 0 aliphatic heterocycles. The van der Waals surface area contributed by atoms with Gasteiger partial charge < -0.3 is 5.32 Å². The monoisotopic (exact) mass is 281 g/mol. The molecule has 2 N–H and O–H groups in total. The van der Waals surface area contributed by atoms with Crippen molar-refractivity contribution in [1.82, 2.24) is 14.8 Å². The van der Waals surface area contributed by atoms with E-state index in [0.717, 1.165) is 0 Å². The molecule has 8 heteroatoms. The van der Waals surface area contributed by atoms with Crippen LogP contribution in [0.25, 0.3) is 0 Å². The molecule has 102 valence electrons. The van der Waals surface area contributed by atoms with Crippen molar-refractivity contribution in [1.29, 1.82) is 0 Å². The van der Waals surface area contributed by atoms with Crippen LogP contribution in [0.3, 0.4) is 0 Å². The largest absolute Gasteiger partial charge is 0.387 e. The van der Waals surface area contributed by atoms with Crippen LogP contribution in [0.4, 0.5) is 11.4 Å². The zero-order chi connectivity index (χ0) is 13.9. The van der Waals surface area contributed by atoms with Gasteiger partial charge in [0.15, 0.2) is 0 Å². The van der Waals surface area contributed by atoms with E-state index >= 15 is 0 Å². The summed E-state index contributed by atoms with van der Waals surface area (Å²) >= 11 is 0. The molecule has 0 amide bonds. The molecule has 0 unspecified atom stereocenters. The average molecular weight is 281 g/mol. The van der Waals surface area contributed by atoms with Gasteiger partial charge in [-0.1, -0.05) is 0 Å². The highest BCUT2D eigenvalue weighted by molar-refractivity contribution is 7.92. The summed E-state index contributed by atoms with van der Waals surface area (Å²) in [6.45, 7) is 2.60. The quantitative estimate of drug-likeness (QED) is 0.858. The molecule has 0 radical (unpaired) electrons. The molecule has 2 aromatic heterocycles. The van der Waals surface area contributed by atoms with Gasteiger partial charge in [0.05, 0.1) is 17.6 Å². The summed E-state index contributed by atoms with van der Waals surface area (Å²) in [4.78, 5) is 3.94. The Morgan fingerprint density at radius 3 is 2.79 bits per heavy atom. The van der Waals surface area contributed by atoms with Gasteiger partial charge >= 0.3 is 0 Å². The second-order valence-corrected chi connectivity index (χ2v) is 5.46. The molecular weight excluding hydrogens is 266 g/mol. The first-order valence-electron chi connectivity index (χ1n) is 5.74. The van der Waals surface area contributed by atoms with Crippen LogP contribution in [0, 0.1) is 0 Å². The number of nitrogens with one attached hydrogen (secondary N) is 2. The first kappa shape index (κ1) is 13.3. The molecule has 2 rings (SSSR count). The fraction of sp³-hybridized carbons (Fsp3) is 0.273. The molecule has 0 saturated carbocycles. The second-order valence-electron chi connectivity index (χ2n) is 3.81. The van der Waals surface area contributed by atoms with Crippen molar-refractivity contribution in [3.63, 3.8) is 0 Å². The Balaban J connectivity index is 2.32.